The average molecular weight is 213 g/mol. The van der Waals surface area contributed by atoms with Crippen molar-refractivity contribution in [1.29, 1.82) is 0 Å². The van der Waals surface area contributed by atoms with E-state index >= 15 is 0 Å². The van der Waals surface area contributed by atoms with Gasteiger partial charge in [0.2, 0.25) is 0 Å². The van der Waals surface area contributed by atoms with E-state index in [2.05, 4.69) is 32.6 Å². The second kappa shape index (κ2) is 5.86. The SMILES string of the molecule is CCC1(C)CCN(CCOC(C)C)CC1. The fourth-order valence-electron chi connectivity index (χ4n) is 2.09. The third kappa shape index (κ3) is 4.52. The zero-order valence-electron chi connectivity index (χ0n) is 10.9. The average Bonchev–Trinajstić information content (AvgIpc) is 2.21. The summed E-state index contributed by atoms with van der Waals surface area (Å²) in [4.78, 5) is 2.54. The number of piperidine rings is 1. The zero-order valence-corrected chi connectivity index (χ0v) is 10.9. The summed E-state index contributed by atoms with van der Waals surface area (Å²) < 4.78 is 5.58. The van der Waals surface area contributed by atoms with Crippen LogP contribution in [-0.2, 0) is 4.74 Å². The number of hydrogen-bond donors (Lipinski definition) is 0. The Morgan fingerprint density at radius 1 is 1.27 bits per heavy atom. The molecule has 2 heteroatoms. The van der Waals surface area contributed by atoms with Crippen LogP contribution in [0.1, 0.15) is 47.0 Å². The Bertz CT molecular complexity index is 171. The Balaban J connectivity index is 2.15. The fraction of sp³-hybridized carbons (Fsp3) is 1.00. The predicted octanol–water partition coefficient (Wildman–Crippen LogP) is 2.92. The van der Waals surface area contributed by atoms with Crippen molar-refractivity contribution in [3.8, 4) is 0 Å². The first kappa shape index (κ1) is 13.0. The van der Waals surface area contributed by atoms with Crippen LogP contribution in [0.25, 0.3) is 0 Å². The van der Waals surface area contributed by atoms with Crippen LogP contribution in [0.15, 0.2) is 0 Å². The lowest BCUT2D eigenvalue weighted by Crippen LogP contribution is -2.40. The first-order valence-corrected chi connectivity index (χ1v) is 6.40. The van der Waals surface area contributed by atoms with Crippen LogP contribution < -0.4 is 0 Å². The topological polar surface area (TPSA) is 12.5 Å². The van der Waals surface area contributed by atoms with Gasteiger partial charge in [-0.3, -0.25) is 0 Å². The van der Waals surface area contributed by atoms with E-state index in [1.165, 1.54) is 32.4 Å². The molecule has 1 saturated heterocycles. The highest BCUT2D eigenvalue weighted by Crippen LogP contribution is 2.33. The molecule has 1 fully saturated rings. The molecule has 0 aromatic rings. The summed E-state index contributed by atoms with van der Waals surface area (Å²) in [6, 6.07) is 0. The minimum atomic E-state index is 0.371. The minimum absolute atomic E-state index is 0.371. The molecule has 0 aromatic carbocycles. The van der Waals surface area contributed by atoms with E-state index in [4.69, 9.17) is 4.74 Å². The molecule has 0 unspecified atom stereocenters. The molecule has 0 aliphatic carbocycles. The molecular weight excluding hydrogens is 186 g/mol. The quantitative estimate of drug-likeness (QED) is 0.696. The largest absolute Gasteiger partial charge is 0.377 e. The molecule has 0 amide bonds. The third-order valence-corrected chi connectivity index (χ3v) is 3.78. The van der Waals surface area contributed by atoms with Crippen LogP contribution in [0.5, 0.6) is 0 Å². The lowest BCUT2D eigenvalue weighted by Gasteiger charge is -2.38. The van der Waals surface area contributed by atoms with Gasteiger partial charge in [-0.25, -0.2) is 0 Å². The molecule has 0 aromatic heterocycles. The molecule has 0 atom stereocenters. The van der Waals surface area contributed by atoms with Gasteiger partial charge in [0, 0.05) is 6.54 Å². The summed E-state index contributed by atoms with van der Waals surface area (Å²) in [5, 5.41) is 0. The van der Waals surface area contributed by atoms with Crippen LogP contribution >= 0.6 is 0 Å². The zero-order chi connectivity index (χ0) is 11.3. The summed E-state index contributed by atoms with van der Waals surface area (Å²) in [6.07, 6.45) is 4.40. The van der Waals surface area contributed by atoms with Crippen molar-refractivity contribution in [3.63, 3.8) is 0 Å². The lowest BCUT2D eigenvalue weighted by molar-refractivity contribution is 0.0400. The van der Waals surface area contributed by atoms with Gasteiger partial charge in [0.25, 0.3) is 0 Å². The Morgan fingerprint density at radius 3 is 2.33 bits per heavy atom. The third-order valence-electron chi connectivity index (χ3n) is 3.78. The number of ether oxygens (including phenoxy) is 1. The summed E-state index contributed by atoms with van der Waals surface area (Å²) >= 11 is 0. The highest BCUT2D eigenvalue weighted by atomic mass is 16.5. The van der Waals surface area contributed by atoms with Crippen molar-refractivity contribution in [3.05, 3.63) is 0 Å². The maximum atomic E-state index is 5.58. The van der Waals surface area contributed by atoms with E-state index in [-0.39, 0.29) is 0 Å². The van der Waals surface area contributed by atoms with Gasteiger partial charge >= 0.3 is 0 Å². The second-order valence-electron chi connectivity index (χ2n) is 5.43. The van der Waals surface area contributed by atoms with Crippen LogP contribution in [-0.4, -0.2) is 37.2 Å². The number of likely N-dealkylation sites (tertiary alicyclic amines) is 1. The van der Waals surface area contributed by atoms with Crippen molar-refractivity contribution in [2.75, 3.05) is 26.2 Å². The molecule has 2 nitrogen and oxygen atoms in total. The fourth-order valence-corrected chi connectivity index (χ4v) is 2.09. The number of hydrogen-bond acceptors (Lipinski definition) is 2. The normalized spacial score (nSPS) is 22.2. The van der Waals surface area contributed by atoms with E-state index in [9.17, 15) is 0 Å². The standard InChI is InChI=1S/C13H27NO/c1-5-13(4)6-8-14(9-7-13)10-11-15-12(2)3/h12H,5-11H2,1-4H3. The Hall–Kier alpha value is -0.0800. The molecular formula is C13H27NO. The molecule has 0 N–H and O–H groups in total. The molecule has 0 spiro atoms. The van der Waals surface area contributed by atoms with Crippen molar-refractivity contribution in [2.24, 2.45) is 5.41 Å². The Kier molecular flexibility index (Phi) is 5.07. The van der Waals surface area contributed by atoms with E-state index in [0.29, 0.717) is 11.5 Å². The summed E-state index contributed by atoms with van der Waals surface area (Å²) in [6.45, 7) is 13.5. The molecule has 90 valence electrons. The number of rotatable bonds is 5. The molecule has 1 heterocycles. The van der Waals surface area contributed by atoms with Crippen LogP contribution in [0.2, 0.25) is 0 Å². The molecule has 1 aliphatic heterocycles. The van der Waals surface area contributed by atoms with Gasteiger partial charge in [-0.15, -0.1) is 0 Å². The number of nitrogens with zero attached hydrogens (tertiary/aromatic N) is 1. The van der Waals surface area contributed by atoms with Gasteiger partial charge in [0.1, 0.15) is 0 Å². The molecule has 0 radical (unpaired) electrons. The monoisotopic (exact) mass is 213 g/mol. The van der Waals surface area contributed by atoms with Gasteiger partial charge in [0.15, 0.2) is 0 Å². The van der Waals surface area contributed by atoms with E-state index in [0.717, 1.165) is 13.2 Å². The first-order chi connectivity index (χ1) is 7.06. The highest BCUT2D eigenvalue weighted by molar-refractivity contribution is 4.81. The van der Waals surface area contributed by atoms with Crippen LogP contribution in [0, 0.1) is 5.41 Å². The smallest absolute Gasteiger partial charge is 0.0596 e. The van der Waals surface area contributed by atoms with Crippen molar-refractivity contribution in [1.82, 2.24) is 4.90 Å². The maximum absolute atomic E-state index is 5.58. The minimum Gasteiger partial charge on any atom is -0.377 e. The lowest BCUT2D eigenvalue weighted by atomic mass is 9.78. The molecule has 1 aliphatic rings. The Labute approximate surface area is 95.0 Å². The van der Waals surface area contributed by atoms with E-state index in [1.54, 1.807) is 0 Å². The summed E-state index contributed by atoms with van der Waals surface area (Å²) in [5.74, 6) is 0. The maximum Gasteiger partial charge on any atom is 0.0596 e. The van der Waals surface area contributed by atoms with Gasteiger partial charge in [-0.05, 0) is 45.2 Å². The van der Waals surface area contributed by atoms with Gasteiger partial charge < -0.3 is 9.64 Å². The van der Waals surface area contributed by atoms with Gasteiger partial charge in [0.05, 0.1) is 12.7 Å². The molecule has 0 saturated carbocycles. The molecule has 1 rings (SSSR count). The van der Waals surface area contributed by atoms with Crippen LogP contribution in [0.4, 0.5) is 0 Å². The van der Waals surface area contributed by atoms with Crippen molar-refractivity contribution < 1.29 is 4.74 Å². The first-order valence-electron chi connectivity index (χ1n) is 6.40. The van der Waals surface area contributed by atoms with Crippen LogP contribution in [0.3, 0.4) is 0 Å². The molecule has 15 heavy (non-hydrogen) atoms. The highest BCUT2D eigenvalue weighted by Gasteiger charge is 2.27. The van der Waals surface area contributed by atoms with Crippen molar-refractivity contribution >= 4 is 0 Å². The summed E-state index contributed by atoms with van der Waals surface area (Å²) in [7, 11) is 0. The summed E-state index contributed by atoms with van der Waals surface area (Å²) in [5.41, 5.74) is 0.607. The second-order valence-corrected chi connectivity index (χ2v) is 5.43. The molecule has 0 bridgehead atoms. The predicted molar refractivity (Wildman–Crippen MR) is 65.2 cm³/mol. The van der Waals surface area contributed by atoms with Crippen molar-refractivity contribution in [2.45, 2.75) is 53.1 Å². The van der Waals surface area contributed by atoms with Gasteiger partial charge in [-0.2, -0.15) is 0 Å². The Morgan fingerprint density at radius 2 is 1.87 bits per heavy atom. The van der Waals surface area contributed by atoms with E-state index < -0.39 is 0 Å². The van der Waals surface area contributed by atoms with Gasteiger partial charge in [-0.1, -0.05) is 20.3 Å². The van der Waals surface area contributed by atoms with E-state index in [1.807, 2.05) is 0 Å².